The summed E-state index contributed by atoms with van der Waals surface area (Å²) in [5.74, 6) is 0. The smallest absolute Gasteiger partial charge is 0.0645 e. The normalized spacial score (nSPS) is 43.6. The van der Waals surface area contributed by atoms with Gasteiger partial charge in [0.1, 0.15) is 0 Å². The molecule has 0 aromatic carbocycles. The van der Waals surface area contributed by atoms with Gasteiger partial charge in [0.15, 0.2) is 0 Å². The average Bonchev–Trinajstić information content (AvgIpc) is 2.62. The van der Waals surface area contributed by atoms with Crippen LogP contribution < -0.4 is 5.73 Å². The first-order valence-electron chi connectivity index (χ1n) is 7.76. The molecule has 2 unspecified atom stereocenters. The van der Waals surface area contributed by atoms with Gasteiger partial charge in [-0.1, -0.05) is 0 Å². The van der Waals surface area contributed by atoms with Gasteiger partial charge in [0.25, 0.3) is 0 Å². The second-order valence-corrected chi connectivity index (χ2v) is 7.40. The van der Waals surface area contributed by atoms with Crippen molar-refractivity contribution in [2.45, 2.75) is 62.7 Å². The van der Waals surface area contributed by atoms with E-state index in [0.29, 0.717) is 0 Å². The fourth-order valence-electron chi connectivity index (χ4n) is 4.78. The molecule has 19 heavy (non-hydrogen) atoms. The predicted molar refractivity (Wildman–Crippen MR) is 77.2 cm³/mol. The molecule has 3 fully saturated rings. The monoisotopic (exact) mass is 267 g/mol. The van der Waals surface area contributed by atoms with Crippen LogP contribution in [0.3, 0.4) is 0 Å². The van der Waals surface area contributed by atoms with Crippen LogP contribution in [0.15, 0.2) is 0 Å². The molecule has 2 atom stereocenters. The maximum absolute atomic E-state index is 6.29. The van der Waals surface area contributed by atoms with Crippen LogP contribution in [0, 0.1) is 0 Å². The molecule has 4 nitrogen and oxygen atoms in total. The van der Waals surface area contributed by atoms with E-state index in [2.05, 4.69) is 30.7 Å². The summed E-state index contributed by atoms with van der Waals surface area (Å²) in [7, 11) is 2.30. The Balaban J connectivity index is 1.87. The molecule has 2 bridgehead atoms. The van der Waals surface area contributed by atoms with Crippen molar-refractivity contribution >= 4 is 0 Å². The number of rotatable bonds is 2. The maximum Gasteiger partial charge on any atom is 0.0645 e. The molecule has 2 N–H and O–H groups in total. The Morgan fingerprint density at radius 1 is 1.21 bits per heavy atom. The minimum absolute atomic E-state index is 0.118. The molecular formula is C15H29N3O. The van der Waals surface area contributed by atoms with E-state index in [9.17, 15) is 0 Å². The Morgan fingerprint density at radius 3 is 2.37 bits per heavy atom. The summed E-state index contributed by atoms with van der Waals surface area (Å²) < 4.78 is 5.69. The molecule has 0 aromatic rings. The fraction of sp³-hybridized carbons (Fsp3) is 1.00. The van der Waals surface area contributed by atoms with Crippen LogP contribution in [0.1, 0.15) is 39.5 Å². The van der Waals surface area contributed by atoms with Crippen molar-refractivity contribution in [2.75, 3.05) is 33.4 Å². The molecule has 3 heterocycles. The maximum atomic E-state index is 6.29. The zero-order valence-corrected chi connectivity index (χ0v) is 12.7. The topological polar surface area (TPSA) is 41.7 Å². The van der Waals surface area contributed by atoms with Gasteiger partial charge < -0.3 is 15.4 Å². The molecule has 0 amide bonds. The van der Waals surface area contributed by atoms with Crippen LogP contribution >= 0.6 is 0 Å². The largest absolute Gasteiger partial charge is 0.378 e. The van der Waals surface area contributed by atoms with Gasteiger partial charge in [0, 0.05) is 36.3 Å². The molecule has 3 aliphatic rings. The SMILES string of the molecule is CN1C2CCC1CC(CN)(N1CCOCC1(C)C)C2. The lowest BCUT2D eigenvalue weighted by Crippen LogP contribution is -2.69. The molecule has 3 saturated heterocycles. The lowest BCUT2D eigenvalue weighted by Gasteiger charge is -2.57. The lowest BCUT2D eigenvalue weighted by atomic mass is 9.78. The van der Waals surface area contributed by atoms with Gasteiger partial charge in [-0.2, -0.15) is 0 Å². The summed E-state index contributed by atoms with van der Waals surface area (Å²) in [6, 6.07) is 1.47. The number of hydrogen-bond acceptors (Lipinski definition) is 4. The van der Waals surface area contributed by atoms with Crippen molar-refractivity contribution in [3.05, 3.63) is 0 Å². The second-order valence-electron chi connectivity index (χ2n) is 7.40. The van der Waals surface area contributed by atoms with Crippen LogP contribution in [0.2, 0.25) is 0 Å². The van der Waals surface area contributed by atoms with Crippen molar-refractivity contribution in [1.82, 2.24) is 9.80 Å². The summed E-state index contributed by atoms with van der Waals surface area (Å²) in [6.45, 7) is 8.13. The number of nitrogens with two attached hydrogens (primary N) is 1. The Labute approximate surface area is 117 Å². The van der Waals surface area contributed by atoms with E-state index in [4.69, 9.17) is 10.5 Å². The Hall–Kier alpha value is -0.160. The number of nitrogens with zero attached hydrogens (tertiary/aromatic N) is 2. The zero-order valence-electron chi connectivity index (χ0n) is 12.7. The highest BCUT2D eigenvalue weighted by atomic mass is 16.5. The summed E-state index contributed by atoms with van der Waals surface area (Å²) in [5, 5.41) is 0. The van der Waals surface area contributed by atoms with E-state index in [0.717, 1.165) is 38.4 Å². The van der Waals surface area contributed by atoms with E-state index in [1.807, 2.05) is 0 Å². The first-order chi connectivity index (χ1) is 8.98. The highest BCUT2D eigenvalue weighted by Gasteiger charge is 2.52. The van der Waals surface area contributed by atoms with Crippen LogP contribution in [0.25, 0.3) is 0 Å². The summed E-state index contributed by atoms with van der Waals surface area (Å²) in [6.07, 6.45) is 5.18. The molecule has 0 saturated carbocycles. The lowest BCUT2D eigenvalue weighted by molar-refractivity contribution is -0.125. The number of fused-ring (bicyclic) bond motifs is 2. The summed E-state index contributed by atoms with van der Waals surface area (Å²) in [4.78, 5) is 5.28. The van der Waals surface area contributed by atoms with E-state index in [-0.39, 0.29) is 11.1 Å². The molecule has 0 spiro atoms. The standard InChI is InChI=1S/C15H29N3O/c1-14(2)11-19-7-6-18(14)15(10-16)8-12-4-5-13(9-15)17(12)3/h12-13H,4-11,16H2,1-3H3. The second kappa shape index (κ2) is 4.69. The van der Waals surface area contributed by atoms with Gasteiger partial charge in [0.05, 0.1) is 13.2 Å². The van der Waals surface area contributed by atoms with Gasteiger partial charge in [-0.25, -0.2) is 0 Å². The van der Waals surface area contributed by atoms with Crippen LogP contribution in [-0.2, 0) is 4.74 Å². The Bertz CT molecular complexity index is 330. The molecule has 110 valence electrons. The van der Waals surface area contributed by atoms with Crippen molar-refractivity contribution < 1.29 is 4.74 Å². The average molecular weight is 267 g/mol. The van der Waals surface area contributed by atoms with Gasteiger partial charge in [-0.3, -0.25) is 4.90 Å². The van der Waals surface area contributed by atoms with E-state index >= 15 is 0 Å². The number of hydrogen-bond donors (Lipinski definition) is 1. The van der Waals surface area contributed by atoms with Gasteiger partial charge in [-0.05, 0) is 46.6 Å². The van der Waals surface area contributed by atoms with E-state index in [1.165, 1.54) is 25.7 Å². The first-order valence-corrected chi connectivity index (χ1v) is 7.76. The predicted octanol–water partition coefficient (Wildman–Crippen LogP) is 1.05. The third-order valence-electron chi connectivity index (χ3n) is 5.81. The van der Waals surface area contributed by atoms with Gasteiger partial charge >= 0.3 is 0 Å². The molecule has 0 aliphatic carbocycles. The third kappa shape index (κ3) is 2.13. The zero-order chi connectivity index (χ0) is 13.7. The number of piperidine rings is 1. The van der Waals surface area contributed by atoms with Gasteiger partial charge in [0.2, 0.25) is 0 Å². The van der Waals surface area contributed by atoms with Crippen LogP contribution in [0.5, 0.6) is 0 Å². The van der Waals surface area contributed by atoms with Crippen LogP contribution in [-0.4, -0.2) is 66.3 Å². The quantitative estimate of drug-likeness (QED) is 0.812. The molecule has 3 rings (SSSR count). The van der Waals surface area contributed by atoms with Crippen molar-refractivity contribution in [2.24, 2.45) is 5.73 Å². The number of morpholine rings is 1. The summed E-state index contributed by atoms with van der Waals surface area (Å²) >= 11 is 0. The highest BCUT2D eigenvalue weighted by Crippen LogP contribution is 2.44. The molecule has 0 aromatic heterocycles. The summed E-state index contributed by atoms with van der Waals surface area (Å²) in [5.41, 5.74) is 6.60. The first kappa shape index (κ1) is 13.8. The Kier molecular flexibility index (Phi) is 3.41. The minimum Gasteiger partial charge on any atom is -0.378 e. The fourth-order valence-corrected chi connectivity index (χ4v) is 4.78. The van der Waals surface area contributed by atoms with E-state index < -0.39 is 0 Å². The van der Waals surface area contributed by atoms with Crippen LogP contribution in [0.4, 0.5) is 0 Å². The number of ether oxygens (including phenoxy) is 1. The Morgan fingerprint density at radius 2 is 1.84 bits per heavy atom. The molecular weight excluding hydrogens is 238 g/mol. The third-order valence-corrected chi connectivity index (χ3v) is 5.81. The van der Waals surface area contributed by atoms with Gasteiger partial charge in [-0.15, -0.1) is 0 Å². The van der Waals surface area contributed by atoms with Crippen molar-refractivity contribution in [3.63, 3.8) is 0 Å². The molecule has 3 aliphatic heterocycles. The molecule has 0 radical (unpaired) electrons. The molecule has 4 heteroatoms. The minimum atomic E-state index is 0.118. The van der Waals surface area contributed by atoms with E-state index in [1.54, 1.807) is 0 Å². The van der Waals surface area contributed by atoms with Crippen molar-refractivity contribution in [3.8, 4) is 0 Å². The van der Waals surface area contributed by atoms with Crippen molar-refractivity contribution in [1.29, 1.82) is 0 Å². The highest BCUT2D eigenvalue weighted by molar-refractivity contribution is 5.09.